The number of thioether (sulfide) groups is 1. The van der Waals surface area contributed by atoms with Gasteiger partial charge in [0.2, 0.25) is 0 Å². The first kappa shape index (κ1) is 26.0. The van der Waals surface area contributed by atoms with Gasteiger partial charge in [0.15, 0.2) is 0 Å². The van der Waals surface area contributed by atoms with Crippen molar-refractivity contribution in [2.75, 3.05) is 0 Å². The molecule has 0 radical (unpaired) electrons. The van der Waals surface area contributed by atoms with Gasteiger partial charge in [-0.3, -0.25) is 10.1 Å². The Hall–Kier alpha value is -2.88. The summed E-state index contributed by atoms with van der Waals surface area (Å²) in [4.78, 5) is 13.5. The smallest absolute Gasteiger partial charge is 0.314 e. The molecule has 4 heterocycles. The van der Waals surface area contributed by atoms with Gasteiger partial charge >= 0.3 is 5.85 Å². The largest absolute Gasteiger partial charge is 0.457 e. The molecule has 0 aliphatic carbocycles. The highest BCUT2D eigenvalue weighted by molar-refractivity contribution is 9.10. The molecule has 1 spiro atoms. The third-order valence-corrected chi connectivity index (χ3v) is 9.39. The summed E-state index contributed by atoms with van der Waals surface area (Å²) in [6, 6.07) is 22.2. The van der Waals surface area contributed by atoms with Crippen molar-refractivity contribution in [2.45, 2.75) is 18.3 Å². The lowest BCUT2D eigenvalue weighted by Gasteiger charge is -2.45. The van der Waals surface area contributed by atoms with Gasteiger partial charge < -0.3 is 9.15 Å². The summed E-state index contributed by atoms with van der Waals surface area (Å²) in [6.45, 7) is 0. The van der Waals surface area contributed by atoms with Crippen molar-refractivity contribution in [3.63, 3.8) is 0 Å². The van der Waals surface area contributed by atoms with E-state index in [9.17, 15) is 4.79 Å². The summed E-state index contributed by atoms with van der Waals surface area (Å²) in [5.41, 5.74) is 3.45. The number of halogens is 4. The van der Waals surface area contributed by atoms with E-state index in [1.165, 1.54) is 0 Å². The molecule has 0 saturated carbocycles. The quantitative estimate of drug-likeness (QED) is 0.235. The molecule has 200 valence electrons. The summed E-state index contributed by atoms with van der Waals surface area (Å²) in [5, 5.41) is 11.1. The van der Waals surface area contributed by atoms with E-state index in [0.29, 0.717) is 49.2 Å². The van der Waals surface area contributed by atoms with Gasteiger partial charge in [-0.2, -0.15) is 5.10 Å². The highest BCUT2D eigenvalue weighted by Crippen LogP contribution is 2.53. The molecule has 7 rings (SSSR count). The minimum atomic E-state index is -1.36. The van der Waals surface area contributed by atoms with Crippen LogP contribution in [-0.4, -0.2) is 21.8 Å². The van der Waals surface area contributed by atoms with Crippen LogP contribution in [0.15, 0.2) is 91.7 Å². The van der Waals surface area contributed by atoms with Crippen LogP contribution in [0.4, 0.5) is 4.79 Å². The first-order valence-corrected chi connectivity index (χ1v) is 14.9. The standard InChI is InChI=1S/C29H17BrCl3N3O3S/c30-16-6-10-25-20(12-16)23-14-22(15-4-7-17(31)8-5-15)35-36(23)29(39-25)26(40-28(37)34-29)13-18-9-11-24(38-18)19-2-1-3-21(32)27(19)33/h1-13,23H,14H2,(H,34,37). The lowest BCUT2D eigenvalue weighted by Crippen LogP contribution is -2.61. The van der Waals surface area contributed by atoms with Crippen molar-refractivity contribution in [3.05, 3.63) is 114 Å². The van der Waals surface area contributed by atoms with E-state index in [2.05, 4.69) is 21.2 Å². The van der Waals surface area contributed by atoms with Gasteiger partial charge in [0, 0.05) is 27.0 Å². The van der Waals surface area contributed by atoms with Gasteiger partial charge in [-0.25, -0.2) is 5.01 Å². The molecule has 6 nitrogen and oxygen atoms in total. The first-order valence-electron chi connectivity index (χ1n) is 12.2. The van der Waals surface area contributed by atoms with Crippen molar-refractivity contribution in [2.24, 2.45) is 5.10 Å². The zero-order valence-corrected chi connectivity index (χ0v) is 25.0. The third kappa shape index (κ3) is 4.33. The summed E-state index contributed by atoms with van der Waals surface area (Å²) in [6.07, 6.45) is 2.41. The highest BCUT2D eigenvalue weighted by atomic mass is 79.9. The van der Waals surface area contributed by atoms with E-state index < -0.39 is 5.85 Å². The Labute approximate surface area is 257 Å². The van der Waals surface area contributed by atoms with Crippen molar-refractivity contribution in [1.82, 2.24) is 10.3 Å². The molecule has 1 amide bonds. The predicted octanol–water partition coefficient (Wildman–Crippen LogP) is 9.36. The van der Waals surface area contributed by atoms with E-state index in [4.69, 9.17) is 49.1 Å². The van der Waals surface area contributed by atoms with E-state index in [1.54, 1.807) is 12.1 Å². The van der Waals surface area contributed by atoms with Gasteiger partial charge in [-0.15, -0.1) is 0 Å². The second-order valence-electron chi connectivity index (χ2n) is 9.37. The highest BCUT2D eigenvalue weighted by Gasteiger charge is 2.58. The number of carbonyl (C=O) groups excluding carboxylic acids is 1. The molecule has 2 unspecified atom stereocenters. The van der Waals surface area contributed by atoms with E-state index in [-0.39, 0.29) is 11.3 Å². The zero-order valence-electron chi connectivity index (χ0n) is 20.3. The molecule has 11 heteroatoms. The van der Waals surface area contributed by atoms with Crippen LogP contribution in [0.5, 0.6) is 5.75 Å². The molecule has 40 heavy (non-hydrogen) atoms. The lowest BCUT2D eigenvalue weighted by molar-refractivity contribution is -0.0949. The molecule has 4 aromatic rings. The second kappa shape index (κ2) is 9.89. The first-order chi connectivity index (χ1) is 19.3. The third-order valence-electron chi connectivity index (χ3n) is 6.92. The maximum Gasteiger partial charge on any atom is 0.314 e. The number of ether oxygens (including phenoxy) is 1. The fourth-order valence-electron chi connectivity index (χ4n) is 5.10. The summed E-state index contributed by atoms with van der Waals surface area (Å²) >= 11 is 23.4. The number of benzene rings is 3. The lowest BCUT2D eigenvalue weighted by atomic mass is 9.96. The molecular formula is C29H17BrCl3N3O3S. The SMILES string of the molecule is O=C1NC2(Oc3ccc(Br)cc3C3CC(c4ccc(Cl)cc4)=NN32)C(=Cc2ccc(-c3cccc(Cl)c3Cl)o2)S1. The Balaban J connectivity index is 1.34. The summed E-state index contributed by atoms with van der Waals surface area (Å²) in [5.74, 6) is 0.378. The Kier molecular flexibility index (Phi) is 6.44. The fourth-order valence-corrected chi connectivity index (χ4v) is 6.89. The van der Waals surface area contributed by atoms with Crippen LogP contribution in [0.25, 0.3) is 17.4 Å². The van der Waals surface area contributed by atoms with E-state index >= 15 is 0 Å². The Morgan fingerprint density at radius 1 is 1.07 bits per heavy atom. The van der Waals surface area contributed by atoms with Gasteiger partial charge in [0.25, 0.3) is 5.24 Å². The number of fused-ring (bicyclic) bond motifs is 4. The van der Waals surface area contributed by atoms with Gasteiger partial charge in [-0.1, -0.05) is 68.9 Å². The minimum Gasteiger partial charge on any atom is -0.457 e. The Morgan fingerprint density at radius 3 is 2.73 bits per heavy atom. The van der Waals surface area contributed by atoms with Crippen LogP contribution in [0.1, 0.15) is 29.3 Å². The number of carbonyl (C=O) groups is 1. The maximum absolute atomic E-state index is 12.9. The molecule has 3 aromatic carbocycles. The van der Waals surface area contributed by atoms with Crippen molar-refractivity contribution >= 4 is 79.5 Å². The molecule has 1 saturated heterocycles. The average molecular weight is 674 g/mol. The molecular weight excluding hydrogens is 657 g/mol. The topological polar surface area (TPSA) is 67.1 Å². The number of hydrogen-bond donors (Lipinski definition) is 1. The number of furan rings is 1. The maximum atomic E-state index is 12.9. The molecule has 1 aromatic heterocycles. The molecule has 1 fully saturated rings. The normalized spacial score (nSPS) is 22.2. The number of nitrogens with one attached hydrogen (secondary N) is 1. The molecule has 2 atom stereocenters. The van der Waals surface area contributed by atoms with Crippen LogP contribution >= 0.6 is 62.5 Å². The number of nitrogens with zero attached hydrogens (tertiary/aromatic N) is 2. The summed E-state index contributed by atoms with van der Waals surface area (Å²) in [7, 11) is 0. The minimum absolute atomic E-state index is 0.188. The van der Waals surface area contributed by atoms with Crippen molar-refractivity contribution in [3.8, 4) is 17.1 Å². The predicted molar refractivity (Wildman–Crippen MR) is 163 cm³/mol. The van der Waals surface area contributed by atoms with Gasteiger partial charge in [0.1, 0.15) is 17.3 Å². The Bertz CT molecular complexity index is 1760. The fraction of sp³-hybridized carbons (Fsp3) is 0.103. The monoisotopic (exact) mass is 671 g/mol. The number of rotatable bonds is 3. The summed E-state index contributed by atoms with van der Waals surface area (Å²) < 4.78 is 13.7. The zero-order chi connectivity index (χ0) is 27.6. The van der Waals surface area contributed by atoms with Crippen molar-refractivity contribution < 1.29 is 13.9 Å². The van der Waals surface area contributed by atoms with Crippen LogP contribution < -0.4 is 10.1 Å². The number of amides is 1. The van der Waals surface area contributed by atoms with Crippen LogP contribution in [0.3, 0.4) is 0 Å². The van der Waals surface area contributed by atoms with Crippen molar-refractivity contribution in [1.29, 1.82) is 0 Å². The number of hydrazone groups is 1. The van der Waals surface area contributed by atoms with E-state index in [1.807, 2.05) is 71.7 Å². The van der Waals surface area contributed by atoms with Crippen LogP contribution in [0.2, 0.25) is 15.1 Å². The number of hydrogen-bond acceptors (Lipinski definition) is 6. The average Bonchev–Trinajstić information content (AvgIpc) is 3.66. The second-order valence-corrected chi connectivity index (χ2v) is 12.5. The molecule has 3 aliphatic heterocycles. The molecule has 3 aliphatic rings. The van der Waals surface area contributed by atoms with Crippen LogP contribution in [-0.2, 0) is 0 Å². The molecule has 0 bridgehead atoms. The molecule has 1 N–H and O–H groups in total. The van der Waals surface area contributed by atoms with Gasteiger partial charge in [-0.05, 0) is 78.0 Å². The van der Waals surface area contributed by atoms with Crippen LogP contribution in [0, 0.1) is 0 Å². The Morgan fingerprint density at radius 2 is 1.90 bits per heavy atom. The van der Waals surface area contributed by atoms with Gasteiger partial charge in [0.05, 0.1) is 26.7 Å². The van der Waals surface area contributed by atoms with E-state index in [0.717, 1.165) is 33.1 Å².